The van der Waals surface area contributed by atoms with Gasteiger partial charge in [-0.05, 0) is 106 Å². The van der Waals surface area contributed by atoms with Crippen LogP contribution in [0.3, 0.4) is 0 Å². The van der Waals surface area contributed by atoms with Crippen LogP contribution in [-0.2, 0) is 51.2 Å². The number of benzene rings is 2. The number of thiazole rings is 1. The molecule has 2 aliphatic heterocycles. The quantitative estimate of drug-likeness (QED) is 0.0315. The van der Waals surface area contributed by atoms with Gasteiger partial charge in [0.1, 0.15) is 17.9 Å². The van der Waals surface area contributed by atoms with Crippen LogP contribution in [0, 0.1) is 32.1 Å². The number of aliphatic hydroxyl groups excluding tert-OH is 1. The van der Waals surface area contributed by atoms with Crippen molar-refractivity contribution in [3.63, 3.8) is 0 Å². The Morgan fingerprint density at radius 1 is 0.818 bits per heavy atom. The summed E-state index contributed by atoms with van der Waals surface area (Å²) < 4.78 is 24.6. The number of ether oxygens (including phenoxy) is 4. The molecule has 4 atom stereocenters. The number of aromatic amines is 1. The third-order valence-corrected chi connectivity index (χ3v) is 16.9. The normalized spacial score (nSPS) is 16.3. The second kappa shape index (κ2) is 31.1. The predicted molar refractivity (Wildman–Crippen MR) is 337 cm³/mol. The summed E-state index contributed by atoms with van der Waals surface area (Å²) in [6.07, 6.45) is 3.32. The van der Waals surface area contributed by atoms with Crippen molar-refractivity contribution in [2.45, 2.75) is 112 Å². The summed E-state index contributed by atoms with van der Waals surface area (Å²) in [7, 11) is 0. The summed E-state index contributed by atoms with van der Waals surface area (Å²) >= 11 is 1.57. The Morgan fingerprint density at radius 3 is 2.12 bits per heavy atom. The zero-order chi connectivity index (χ0) is 63.1. The highest BCUT2D eigenvalue weighted by atomic mass is 32.1. The smallest absolute Gasteiger partial charge is 0.253 e. The van der Waals surface area contributed by atoms with Gasteiger partial charge >= 0.3 is 0 Å². The number of aliphatic hydroxyl groups is 1. The van der Waals surface area contributed by atoms with Crippen molar-refractivity contribution in [1.82, 2.24) is 50.5 Å². The summed E-state index contributed by atoms with van der Waals surface area (Å²) in [5.74, 6) is -1.51. The molecule has 4 aromatic heterocycles. The van der Waals surface area contributed by atoms with Gasteiger partial charge in [-0.2, -0.15) is 5.10 Å². The molecule has 2 fully saturated rings. The van der Waals surface area contributed by atoms with Gasteiger partial charge in [0.2, 0.25) is 23.6 Å². The average molecular weight is 1230 g/mol. The number of hydrogen-bond acceptors (Lipinski definition) is 17. The molecule has 24 heteroatoms. The molecule has 6 aromatic rings. The SMILES string of the molecule is Cc1cc(C)c(CNC(=O)c2cc(-c3ccc(N4CCN(CCC(COCCOCCOCCOCCC(=O)N[C@H](C(=O)N5C[C@H](O)C[C@H]5C(=O)NCc5ccc(-c6scnc6C)cc5)C(C)(C)C)C(N)=O)CC4)nc3)cc3c2cnn3C(C)C)c(=O)[nH]1. The molecule has 0 spiro atoms. The van der Waals surface area contributed by atoms with Gasteiger partial charge < -0.3 is 60.5 Å². The monoisotopic (exact) mass is 1230 g/mol. The highest BCUT2D eigenvalue weighted by Crippen LogP contribution is 2.32. The Bertz CT molecular complexity index is 3390. The largest absolute Gasteiger partial charge is 0.391 e. The first-order chi connectivity index (χ1) is 42.1. The van der Waals surface area contributed by atoms with E-state index in [1.54, 1.807) is 17.5 Å². The number of aromatic nitrogens is 5. The van der Waals surface area contributed by atoms with Crippen molar-refractivity contribution in [2.24, 2.45) is 17.1 Å². The lowest BCUT2D eigenvalue weighted by atomic mass is 9.85. The molecule has 7 N–H and O–H groups in total. The Hall–Kier alpha value is -7.45. The molecule has 8 rings (SSSR count). The van der Waals surface area contributed by atoms with E-state index in [-0.39, 0.29) is 94.8 Å². The Kier molecular flexibility index (Phi) is 23.5. The van der Waals surface area contributed by atoms with Gasteiger partial charge in [-0.3, -0.25) is 38.3 Å². The summed E-state index contributed by atoms with van der Waals surface area (Å²) in [6, 6.07) is 15.9. The van der Waals surface area contributed by atoms with Gasteiger partial charge in [-0.1, -0.05) is 45.0 Å². The number of likely N-dealkylation sites (tertiary alicyclic amines) is 1. The number of nitrogens with zero attached hydrogens (tertiary/aromatic N) is 7. The molecule has 2 saturated heterocycles. The van der Waals surface area contributed by atoms with E-state index in [9.17, 15) is 33.9 Å². The maximum Gasteiger partial charge on any atom is 0.253 e. The van der Waals surface area contributed by atoms with Gasteiger partial charge in [0, 0.05) is 93.1 Å². The van der Waals surface area contributed by atoms with Crippen molar-refractivity contribution in [3.8, 4) is 21.6 Å². The van der Waals surface area contributed by atoms with E-state index in [0.717, 1.165) is 87.0 Å². The standard InChI is InChI=1S/C64H86N12O11S/c1-40(2)76-53-31-48(30-50(52(53)36-70-76)60(80)68-35-51-41(3)29-42(4)71-61(51)81)46-13-14-55(66-34-46)74-20-18-73(19-21-74)17-15-47(59(65)79)38-87-28-27-86-26-25-85-24-23-84-22-16-56(78)72-58(64(6,7)8)63(83)75-37-49(77)32-54(75)62(82)67-33-44-9-11-45(12-10-44)57-43(5)69-39-88-57/h9-14,29-31,34,36,39-40,47,49,54,58,77H,15-28,32-33,35,37-38H2,1-8H3,(H2,65,79)(H,67,82)(H,68,80)(H,71,81)(H,72,78)/t47?,49-,54+,58-/m1/s1. The number of H-pyrrole nitrogens is 1. The minimum absolute atomic E-state index is 0.00330. The van der Waals surface area contributed by atoms with Crippen LogP contribution in [0.1, 0.15) is 98.4 Å². The summed E-state index contributed by atoms with van der Waals surface area (Å²) in [4.78, 5) is 98.5. The van der Waals surface area contributed by atoms with E-state index < -0.39 is 41.3 Å². The van der Waals surface area contributed by atoms with Crippen LogP contribution in [0.4, 0.5) is 5.82 Å². The average Bonchev–Trinajstić information content (AvgIpc) is 1.84. The number of pyridine rings is 2. The molecule has 6 heterocycles. The molecule has 0 bridgehead atoms. The molecule has 1 unspecified atom stereocenters. The van der Waals surface area contributed by atoms with E-state index in [4.69, 9.17) is 29.7 Å². The number of anilines is 1. The van der Waals surface area contributed by atoms with Crippen molar-refractivity contribution in [3.05, 3.63) is 116 Å². The number of carbonyl (C=O) groups excluding carboxylic acids is 5. The van der Waals surface area contributed by atoms with Crippen LogP contribution in [0.15, 0.2) is 77.3 Å². The van der Waals surface area contributed by atoms with E-state index in [0.29, 0.717) is 43.9 Å². The molecule has 474 valence electrons. The summed E-state index contributed by atoms with van der Waals surface area (Å²) in [5.41, 5.74) is 14.6. The fourth-order valence-corrected chi connectivity index (χ4v) is 11.7. The van der Waals surface area contributed by atoms with Gasteiger partial charge in [0.15, 0.2) is 0 Å². The fraction of sp³-hybridized carbons (Fsp3) is 0.516. The molecule has 0 saturated carbocycles. The van der Waals surface area contributed by atoms with E-state index >= 15 is 0 Å². The highest BCUT2D eigenvalue weighted by molar-refractivity contribution is 7.13. The molecular weight excluding hydrogens is 1140 g/mol. The van der Waals surface area contributed by atoms with Gasteiger partial charge in [0.25, 0.3) is 11.5 Å². The molecule has 0 radical (unpaired) electrons. The lowest BCUT2D eigenvalue weighted by Crippen LogP contribution is -2.57. The summed E-state index contributed by atoms with van der Waals surface area (Å²) in [6.45, 7) is 21.4. The van der Waals surface area contributed by atoms with Crippen LogP contribution in [0.25, 0.3) is 32.5 Å². The van der Waals surface area contributed by atoms with E-state index in [2.05, 4.69) is 40.8 Å². The number of amides is 5. The maximum atomic E-state index is 14.0. The predicted octanol–water partition coefficient (Wildman–Crippen LogP) is 5.23. The topological polar surface area (TPSA) is 291 Å². The molecule has 23 nitrogen and oxygen atoms in total. The summed E-state index contributed by atoms with van der Waals surface area (Å²) in [5, 5.41) is 24.7. The second-order valence-corrected chi connectivity index (χ2v) is 24.8. The number of aryl methyl sites for hydroxylation is 3. The fourth-order valence-electron chi connectivity index (χ4n) is 10.9. The molecule has 88 heavy (non-hydrogen) atoms. The zero-order valence-electron chi connectivity index (χ0n) is 51.9. The van der Waals surface area contributed by atoms with Crippen molar-refractivity contribution in [1.29, 1.82) is 0 Å². The first kappa shape index (κ1) is 66.5. The first-order valence-corrected chi connectivity index (χ1v) is 31.1. The Balaban J connectivity index is 0.673. The number of carbonyl (C=O) groups is 5. The van der Waals surface area contributed by atoms with Crippen molar-refractivity contribution >= 4 is 57.6 Å². The zero-order valence-corrected chi connectivity index (χ0v) is 52.7. The van der Waals surface area contributed by atoms with Gasteiger partial charge in [-0.15, -0.1) is 11.3 Å². The highest BCUT2D eigenvalue weighted by Gasteiger charge is 2.44. The molecule has 2 aromatic carbocycles. The number of hydrogen-bond donors (Lipinski definition) is 6. The third-order valence-electron chi connectivity index (χ3n) is 16.0. The Morgan fingerprint density at radius 2 is 1.50 bits per heavy atom. The molecule has 2 aliphatic rings. The minimum atomic E-state index is -0.950. The van der Waals surface area contributed by atoms with Gasteiger partial charge in [0.05, 0.1) is 98.2 Å². The maximum absolute atomic E-state index is 14.0. The first-order valence-electron chi connectivity index (χ1n) is 30.2. The number of piperazine rings is 1. The molecular formula is C64H86N12O11S. The molecule has 0 aliphatic carbocycles. The lowest BCUT2D eigenvalue weighted by Gasteiger charge is -2.35. The van der Waals surface area contributed by atoms with Crippen molar-refractivity contribution < 1.29 is 48.0 Å². The number of primary amides is 1. The van der Waals surface area contributed by atoms with E-state index in [1.165, 1.54) is 4.90 Å². The molecule has 5 amide bonds. The van der Waals surface area contributed by atoms with Crippen LogP contribution in [0.5, 0.6) is 0 Å². The van der Waals surface area contributed by atoms with Gasteiger partial charge in [-0.25, -0.2) is 9.97 Å². The van der Waals surface area contributed by atoms with E-state index in [1.807, 2.05) is 126 Å². The number of β-amino-alcohol motifs (C(OH)–C–C–N with tert-alkyl or cyclic N) is 1. The third kappa shape index (κ3) is 17.9. The van der Waals surface area contributed by atoms with Crippen LogP contribution in [0.2, 0.25) is 0 Å². The number of rotatable bonds is 30. The van der Waals surface area contributed by atoms with Crippen molar-refractivity contribution in [2.75, 3.05) is 97.0 Å². The van der Waals surface area contributed by atoms with Crippen LogP contribution in [-0.4, -0.2) is 179 Å². The van der Waals surface area contributed by atoms with Crippen LogP contribution >= 0.6 is 11.3 Å². The number of nitrogens with two attached hydrogens (primary N) is 1. The second-order valence-electron chi connectivity index (χ2n) is 24.0. The number of fused-ring (bicyclic) bond motifs is 1. The minimum Gasteiger partial charge on any atom is -0.391 e. The lowest BCUT2D eigenvalue weighted by molar-refractivity contribution is -0.144. The van der Waals surface area contributed by atoms with Crippen LogP contribution < -0.4 is 32.1 Å². The Labute approximate surface area is 518 Å². The number of nitrogens with one attached hydrogen (secondary N) is 4.